The van der Waals surface area contributed by atoms with Crippen molar-refractivity contribution in [3.05, 3.63) is 131 Å². The number of rotatable bonds is 8. The van der Waals surface area contributed by atoms with Crippen molar-refractivity contribution in [1.82, 2.24) is 4.73 Å². The fraction of sp³-hybridized carbons (Fsp3) is 0.143. The van der Waals surface area contributed by atoms with Gasteiger partial charge in [0, 0.05) is 36.1 Å². The van der Waals surface area contributed by atoms with Gasteiger partial charge in [-0.05, 0) is 67.3 Å². The smallest absolute Gasteiger partial charge is 0.333 e. The number of aromatic nitrogens is 1. The van der Waals surface area contributed by atoms with Crippen LogP contribution in [0.15, 0.2) is 119 Å². The Morgan fingerprint density at radius 2 is 1.59 bits per heavy atom. The van der Waals surface area contributed by atoms with E-state index in [0.29, 0.717) is 27.9 Å². The van der Waals surface area contributed by atoms with Gasteiger partial charge in [0.25, 0.3) is 15.9 Å². The molecule has 0 atom stereocenters. The number of hydrogen-bond donors (Lipinski definition) is 2. The first kappa shape index (κ1) is 30.5. The third kappa shape index (κ3) is 5.56. The molecule has 0 unspecified atom stereocenters. The average molecular weight is 638 g/mol. The third-order valence-corrected chi connectivity index (χ3v) is 9.68. The van der Waals surface area contributed by atoms with Crippen molar-refractivity contribution in [3.8, 4) is 11.8 Å². The lowest BCUT2D eigenvalue weighted by molar-refractivity contribution is -0.145. The number of likely N-dealkylation sites (N-methyl/N-ethyl adjacent to an activating group) is 1. The van der Waals surface area contributed by atoms with Crippen LogP contribution in [0, 0.1) is 6.92 Å². The summed E-state index contributed by atoms with van der Waals surface area (Å²) in [5, 5.41) is 19.4. The molecule has 10 nitrogen and oxygen atoms in total. The number of amides is 1. The number of hydrogen-bond acceptors (Lipinski definition) is 8. The maximum Gasteiger partial charge on any atom is 0.333 e. The first-order valence-electron chi connectivity index (χ1n) is 14.6. The standard InChI is InChI=1S/C35H31N3O7S/c1-23-11-18-26(19-12-23)46(43,44)38(25-16-13-24(14-17-25)15-22-33(41)45-37-31(39)20-21-32(37)40)35(42)34-27-7-3-5-9-29(27)36(2)30-10-6-4-8-28(30)34/h3-7,9-14,16-21,39-40H,8,15,22H2,1-2H3. The molecule has 0 bridgehead atoms. The minimum Gasteiger partial charge on any atom is -0.492 e. The highest BCUT2D eigenvalue weighted by Crippen LogP contribution is 2.44. The van der Waals surface area contributed by atoms with Crippen LogP contribution < -0.4 is 14.0 Å². The number of sulfonamides is 1. The van der Waals surface area contributed by atoms with Crippen LogP contribution in [0.2, 0.25) is 0 Å². The zero-order valence-electron chi connectivity index (χ0n) is 25.1. The highest BCUT2D eigenvalue weighted by atomic mass is 32.2. The zero-order chi connectivity index (χ0) is 32.6. The average Bonchev–Trinajstić information content (AvgIpc) is 3.37. The second-order valence-electron chi connectivity index (χ2n) is 11.0. The fourth-order valence-electron chi connectivity index (χ4n) is 5.58. The summed E-state index contributed by atoms with van der Waals surface area (Å²) in [6.07, 6.45) is 6.35. The molecule has 1 aliphatic carbocycles. The first-order valence-corrected chi connectivity index (χ1v) is 16.0. The van der Waals surface area contributed by atoms with Gasteiger partial charge in [-0.3, -0.25) is 4.79 Å². The summed E-state index contributed by atoms with van der Waals surface area (Å²) in [5.41, 5.74) is 4.97. The van der Waals surface area contributed by atoms with E-state index in [-0.39, 0.29) is 23.4 Å². The molecule has 234 valence electrons. The van der Waals surface area contributed by atoms with Gasteiger partial charge in [-0.15, -0.1) is 4.73 Å². The summed E-state index contributed by atoms with van der Waals surface area (Å²) in [6, 6.07) is 22.5. The molecule has 2 aliphatic rings. The molecular weight excluding hydrogens is 606 g/mol. The minimum absolute atomic E-state index is 0.0269. The summed E-state index contributed by atoms with van der Waals surface area (Å²) in [5.74, 6) is -2.24. The van der Waals surface area contributed by atoms with Crippen LogP contribution in [-0.4, -0.2) is 42.3 Å². The first-order chi connectivity index (χ1) is 22.1. The Kier molecular flexibility index (Phi) is 8.01. The number of aryl methyl sites for hydroxylation is 2. The summed E-state index contributed by atoms with van der Waals surface area (Å²) in [4.78, 5) is 34.1. The Hall–Kier alpha value is -5.55. The zero-order valence-corrected chi connectivity index (χ0v) is 25.9. The predicted molar refractivity (Wildman–Crippen MR) is 174 cm³/mol. The molecule has 2 heterocycles. The van der Waals surface area contributed by atoms with E-state index in [1.807, 2.05) is 61.4 Å². The molecule has 0 fully saturated rings. The van der Waals surface area contributed by atoms with E-state index in [2.05, 4.69) is 0 Å². The lowest BCUT2D eigenvalue weighted by Gasteiger charge is -2.36. The van der Waals surface area contributed by atoms with Gasteiger partial charge in [0.15, 0.2) is 0 Å². The number of anilines is 2. The highest BCUT2D eigenvalue weighted by Gasteiger charge is 2.38. The molecule has 0 saturated carbocycles. The number of allylic oxidation sites excluding steroid dienone is 4. The van der Waals surface area contributed by atoms with Crippen molar-refractivity contribution < 1.29 is 33.1 Å². The Morgan fingerprint density at radius 1 is 0.913 bits per heavy atom. The lowest BCUT2D eigenvalue weighted by Crippen LogP contribution is -2.39. The van der Waals surface area contributed by atoms with E-state index in [9.17, 15) is 28.2 Å². The molecule has 46 heavy (non-hydrogen) atoms. The third-order valence-electron chi connectivity index (χ3n) is 7.96. The number of aromatic hydroxyl groups is 2. The molecule has 1 aromatic heterocycles. The van der Waals surface area contributed by atoms with E-state index in [1.54, 1.807) is 24.3 Å². The van der Waals surface area contributed by atoms with Crippen molar-refractivity contribution in [2.45, 2.75) is 31.1 Å². The van der Waals surface area contributed by atoms with E-state index in [0.717, 1.165) is 26.8 Å². The lowest BCUT2D eigenvalue weighted by atomic mass is 9.87. The number of fused-ring (bicyclic) bond motifs is 2. The van der Waals surface area contributed by atoms with Crippen LogP contribution in [-0.2, 0) is 26.0 Å². The fourth-order valence-corrected chi connectivity index (χ4v) is 6.98. The van der Waals surface area contributed by atoms with Crippen LogP contribution in [0.25, 0.3) is 5.57 Å². The molecule has 1 amide bonds. The Balaban J connectivity index is 1.37. The van der Waals surface area contributed by atoms with Crippen LogP contribution in [0.1, 0.15) is 29.5 Å². The quantitative estimate of drug-likeness (QED) is 0.268. The van der Waals surface area contributed by atoms with Gasteiger partial charge in [0.05, 0.1) is 22.6 Å². The summed E-state index contributed by atoms with van der Waals surface area (Å²) >= 11 is 0. The van der Waals surface area contributed by atoms with Crippen molar-refractivity contribution in [1.29, 1.82) is 0 Å². The Labute approximate surface area is 266 Å². The molecule has 6 rings (SSSR count). The van der Waals surface area contributed by atoms with Gasteiger partial charge < -0.3 is 20.0 Å². The summed E-state index contributed by atoms with van der Waals surface area (Å²) in [6.45, 7) is 1.85. The minimum atomic E-state index is -4.37. The number of para-hydroxylation sites is 1. The van der Waals surface area contributed by atoms with Crippen LogP contribution in [0.4, 0.5) is 11.4 Å². The molecule has 4 aromatic rings. The maximum absolute atomic E-state index is 14.7. The summed E-state index contributed by atoms with van der Waals surface area (Å²) in [7, 11) is -2.45. The molecule has 11 heteroatoms. The summed E-state index contributed by atoms with van der Waals surface area (Å²) < 4.78 is 30.1. The number of benzene rings is 3. The topological polar surface area (TPSA) is 129 Å². The molecule has 2 N–H and O–H groups in total. The van der Waals surface area contributed by atoms with Crippen molar-refractivity contribution in [2.24, 2.45) is 0 Å². The molecule has 3 aromatic carbocycles. The van der Waals surface area contributed by atoms with E-state index >= 15 is 0 Å². The van der Waals surface area contributed by atoms with Gasteiger partial charge in [0.1, 0.15) is 0 Å². The van der Waals surface area contributed by atoms with Crippen LogP contribution in [0.3, 0.4) is 0 Å². The number of carbonyl (C=O) groups excluding carboxylic acids is 2. The number of nitrogens with zero attached hydrogens (tertiary/aromatic N) is 3. The normalized spacial score (nSPS) is 14.0. The van der Waals surface area contributed by atoms with Gasteiger partial charge in [-0.2, -0.15) is 4.31 Å². The van der Waals surface area contributed by atoms with E-state index in [4.69, 9.17) is 4.84 Å². The SMILES string of the molecule is Cc1ccc(S(=O)(=O)N(C(=O)C2=C3CC=CC=C3N(C)c3ccccc32)c2ccc(CCC(=O)On3c(O)ccc3O)cc2)cc1. The second-order valence-corrected chi connectivity index (χ2v) is 12.8. The molecular formula is C35H31N3O7S. The largest absolute Gasteiger partial charge is 0.492 e. The monoisotopic (exact) mass is 637 g/mol. The molecule has 0 saturated heterocycles. The predicted octanol–water partition coefficient (Wildman–Crippen LogP) is 5.27. The van der Waals surface area contributed by atoms with E-state index < -0.39 is 33.7 Å². The van der Waals surface area contributed by atoms with Crippen molar-refractivity contribution in [2.75, 3.05) is 16.3 Å². The van der Waals surface area contributed by atoms with Crippen LogP contribution in [0.5, 0.6) is 11.8 Å². The van der Waals surface area contributed by atoms with Gasteiger partial charge in [-0.1, -0.05) is 60.2 Å². The maximum atomic E-state index is 14.7. The van der Waals surface area contributed by atoms with Gasteiger partial charge in [0.2, 0.25) is 11.8 Å². The van der Waals surface area contributed by atoms with Gasteiger partial charge in [-0.25, -0.2) is 13.2 Å². The number of carbonyl (C=O) groups is 2. The molecule has 1 aliphatic heterocycles. The Bertz CT molecular complexity index is 2020. The Morgan fingerprint density at radius 3 is 2.28 bits per heavy atom. The molecule has 0 radical (unpaired) electrons. The second kappa shape index (κ2) is 12.1. The van der Waals surface area contributed by atoms with E-state index in [1.165, 1.54) is 36.4 Å². The molecule has 0 spiro atoms. The van der Waals surface area contributed by atoms with Crippen molar-refractivity contribution in [3.63, 3.8) is 0 Å². The van der Waals surface area contributed by atoms with Gasteiger partial charge >= 0.3 is 5.97 Å². The highest BCUT2D eigenvalue weighted by molar-refractivity contribution is 7.93. The van der Waals surface area contributed by atoms with Crippen LogP contribution >= 0.6 is 0 Å². The van der Waals surface area contributed by atoms with Crippen molar-refractivity contribution >= 4 is 38.8 Å².